The molecule has 1 aliphatic heterocycles. The van der Waals surface area contributed by atoms with E-state index in [4.69, 9.17) is 0 Å². The number of hydrogen-bond donors (Lipinski definition) is 0. The molecule has 1 aromatic rings. The van der Waals surface area contributed by atoms with Crippen LogP contribution in [0.3, 0.4) is 0 Å². The summed E-state index contributed by atoms with van der Waals surface area (Å²) >= 11 is 0. The van der Waals surface area contributed by atoms with E-state index in [1.165, 1.54) is 47.4 Å². The van der Waals surface area contributed by atoms with E-state index in [-0.39, 0.29) is 0 Å². The van der Waals surface area contributed by atoms with Crippen molar-refractivity contribution in [2.24, 2.45) is 0 Å². The number of para-hydroxylation sites is 1. The maximum Gasteiger partial charge on any atom is 0.0490 e. The molecule has 0 spiro atoms. The molecular weight excluding hydrogens is 206 g/mol. The van der Waals surface area contributed by atoms with E-state index in [1.54, 1.807) is 0 Å². The first-order chi connectivity index (χ1) is 8.33. The summed E-state index contributed by atoms with van der Waals surface area (Å²) in [5.41, 5.74) is 6.74. The molecule has 1 heteroatoms. The van der Waals surface area contributed by atoms with Crippen molar-refractivity contribution in [2.45, 2.75) is 19.3 Å². The van der Waals surface area contributed by atoms with Crippen LogP contribution in [0.1, 0.15) is 24.8 Å². The van der Waals surface area contributed by atoms with E-state index in [1.807, 2.05) is 6.08 Å². The van der Waals surface area contributed by atoms with Crippen molar-refractivity contribution in [2.75, 3.05) is 11.4 Å². The number of allylic oxidation sites excluding steroid dienone is 3. The predicted molar refractivity (Wildman–Crippen MR) is 73.9 cm³/mol. The molecule has 1 heterocycles. The number of rotatable bonds is 2. The zero-order chi connectivity index (χ0) is 11.8. The standard InChI is InChI=1S/C16H17N/c1-3-11-17-15-9-5-4-7-13(15)12(2)14-8-6-10-16(14)17/h3-5,7,9H,1-2,6,8,10-11H2. The van der Waals surface area contributed by atoms with Crippen LogP contribution in [0.2, 0.25) is 0 Å². The monoisotopic (exact) mass is 223 g/mol. The predicted octanol–water partition coefficient (Wildman–Crippen LogP) is 4.14. The van der Waals surface area contributed by atoms with Crippen LogP contribution in [0.4, 0.5) is 5.69 Å². The van der Waals surface area contributed by atoms with Crippen molar-refractivity contribution in [3.8, 4) is 0 Å². The maximum atomic E-state index is 4.28. The van der Waals surface area contributed by atoms with E-state index in [9.17, 15) is 0 Å². The van der Waals surface area contributed by atoms with Crippen molar-refractivity contribution in [3.63, 3.8) is 0 Å². The molecule has 0 saturated carbocycles. The summed E-state index contributed by atoms with van der Waals surface area (Å²) in [4.78, 5) is 2.40. The molecule has 0 radical (unpaired) electrons. The number of benzene rings is 1. The van der Waals surface area contributed by atoms with Crippen molar-refractivity contribution in [3.05, 3.63) is 60.3 Å². The van der Waals surface area contributed by atoms with Crippen molar-refractivity contribution in [1.82, 2.24) is 0 Å². The number of hydrogen-bond acceptors (Lipinski definition) is 1. The molecule has 1 aromatic carbocycles. The molecule has 0 amide bonds. The van der Waals surface area contributed by atoms with Gasteiger partial charge in [0.1, 0.15) is 0 Å². The van der Waals surface area contributed by atoms with Gasteiger partial charge < -0.3 is 4.90 Å². The molecule has 0 bridgehead atoms. The van der Waals surface area contributed by atoms with Crippen molar-refractivity contribution in [1.29, 1.82) is 0 Å². The molecule has 1 aliphatic carbocycles. The largest absolute Gasteiger partial charge is 0.341 e. The summed E-state index contributed by atoms with van der Waals surface area (Å²) in [5, 5.41) is 0. The minimum Gasteiger partial charge on any atom is -0.341 e. The fourth-order valence-corrected chi connectivity index (χ4v) is 2.96. The van der Waals surface area contributed by atoms with E-state index >= 15 is 0 Å². The average molecular weight is 223 g/mol. The van der Waals surface area contributed by atoms with Gasteiger partial charge in [-0.1, -0.05) is 30.9 Å². The molecule has 0 N–H and O–H groups in total. The van der Waals surface area contributed by atoms with Gasteiger partial charge in [0.15, 0.2) is 0 Å². The second kappa shape index (κ2) is 3.92. The van der Waals surface area contributed by atoms with Crippen LogP contribution in [0.15, 0.2) is 54.8 Å². The van der Waals surface area contributed by atoms with Crippen molar-refractivity contribution < 1.29 is 0 Å². The van der Waals surface area contributed by atoms with Gasteiger partial charge in [-0.05, 0) is 36.5 Å². The molecule has 1 nitrogen and oxygen atoms in total. The van der Waals surface area contributed by atoms with Crippen LogP contribution in [-0.2, 0) is 0 Å². The van der Waals surface area contributed by atoms with Gasteiger partial charge in [0.05, 0.1) is 0 Å². The Bertz CT molecular complexity index is 522. The summed E-state index contributed by atoms with van der Waals surface area (Å²) in [7, 11) is 0. The lowest BCUT2D eigenvalue weighted by Crippen LogP contribution is -2.26. The highest BCUT2D eigenvalue weighted by Gasteiger charge is 2.29. The first-order valence-electron chi connectivity index (χ1n) is 6.22. The minimum atomic E-state index is 0.892. The first kappa shape index (κ1) is 10.4. The lowest BCUT2D eigenvalue weighted by atomic mass is 9.92. The third kappa shape index (κ3) is 1.46. The van der Waals surface area contributed by atoms with Gasteiger partial charge in [0, 0.05) is 23.5 Å². The lowest BCUT2D eigenvalue weighted by Gasteiger charge is -2.33. The first-order valence-corrected chi connectivity index (χ1v) is 6.22. The number of nitrogens with zero attached hydrogens (tertiary/aromatic N) is 1. The molecule has 0 fully saturated rings. The van der Waals surface area contributed by atoms with E-state index < -0.39 is 0 Å². The molecule has 0 atom stereocenters. The topological polar surface area (TPSA) is 3.24 Å². The summed E-state index contributed by atoms with van der Waals surface area (Å²) in [6.45, 7) is 9.05. The van der Waals surface area contributed by atoms with Gasteiger partial charge in [-0.15, -0.1) is 6.58 Å². The van der Waals surface area contributed by atoms with Gasteiger partial charge >= 0.3 is 0 Å². The average Bonchev–Trinajstić information content (AvgIpc) is 2.84. The molecular formula is C16H17N. The second-order valence-electron chi connectivity index (χ2n) is 4.67. The van der Waals surface area contributed by atoms with E-state index in [0.717, 1.165) is 6.54 Å². The Morgan fingerprint density at radius 3 is 2.88 bits per heavy atom. The van der Waals surface area contributed by atoms with Crippen molar-refractivity contribution >= 4 is 11.3 Å². The molecule has 3 rings (SSSR count). The quantitative estimate of drug-likeness (QED) is 0.681. The fraction of sp³-hybridized carbons (Fsp3) is 0.250. The Labute approximate surface area is 103 Å². The molecule has 0 saturated heterocycles. The summed E-state index contributed by atoms with van der Waals surface area (Å²) in [5.74, 6) is 0. The normalized spacial score (nSPS) is 18.1. The Morgan fingerprint density at radius 1 is 1.24 bits per heavy atom. The Balaban J connectivity index is 2.17. The fourth-order valence-electron chi connectivity index (χ4n) is 2.96. The van der Waals surface area contributed by atoms with Crippen LogP contribution >= 0.6 is 0 Å². The molecule has 2 aliphatic rings. The third-order valence-corrected chi connectivity index (χ3v) is 3.71. The van der Waals surface area contributed by atoms with E-state index in [2.05, 4.69) is 42.3 Å². The summed E-state index contributed by atoms with van der Waals surface area (Å²) in [6, 6.07) is 8.56. The van der Waals surface area contributed by atoms with Gasteiger partial charge in [0.2, 0.25) is 0 Å². The lowest BCUT2D eigenvalue weighted by molar-refractivity contribution is 0.865. The Hall–Kier alpha value is -1.76. The number of anilines is 1. The minimum absolute atomic E-state index is 0.892. The molecule has 17 heavy (non-hydrogen) atoms. The highest BCUT2D eigenvalue weighted by Crippen LogP contribution is 2.45. The zero-order valence-electron chi connectivity index (χ0n) is 10.1. The number of fused-ring (bicyclic) bond motifs is 1. The maximum absolute atomic E-state index is 4.28. The van der Waals surface area contributed by atoms with E-state index in [0.29, 0.717) is 0 Å². The molecule has 0 aromatic heterocycles. The zero-order valence-corrected chi connectivity index (χ0v) is 10.1. The van der Waals surface area contributed by atoms with Crippen LogP contribution in [0, 0.1) is 0 Å². The van der Waals surface area contributed by atoms with Crippen LogP contribution in [0.25, 0.3) is 5.57 Å². The van der Waals surface area contributed by atoms with Crippen LogP contribution < -0.4 is 4.90 Å². The highest BCUT2D eigenvalue weighted by atomic mass is 15.2. The van der Waals surface area contributed by atoms with Crippen LogP contribution in [0.5, 0.6) is 0 Å². The summed E-state index contributed by atoms with van der Waals surface area (Å²) in [6.07, 6.45) is 5.59. The third-order valence-electron chi connectivity index (χ3n) is 3.71. The van der Waals surface area contributed by atoms with Gasteiger partial charge in [0.25, 0.3) is 0 Å². The molecule has 0 unspecified atom stereocenters. The summed E-state index contributed by atoms with van der Waals surface area (Å²) < 4.78 is 0. The van der Waals surface area contributed by atoms with Gasteiger partial charge in [-0.3, -0.25) is 0 Å². The smallest absolute Gasteiger partial charge is 0.0490 e. The highest BCUT2D eigenvalue weighted by molar-refractivity contribution is 5.90. The Morgan fingerprint density at radius 2 is 2.06 bits per heavy atom. The Kier molecular flexibility index (Phi) is 2.40. The second-order valence-corrected chi connectivity index (χ2v) is 4.67. The van der Waals surface area contributed by atoms with Gasteiger partial charge in [-0.25, -0.2) is 0 Å². The van der Waals surface area contributed by atoms with Gasteiger partial charge in [-0.2, -0.15) is 0 Å². The SMILES string of the molecule is C=CCN1C2=C(CCC2)C(=C)c2ccccc21. The molecule has 86 valence electrons. The van der Waals surface area contributed by atoms with Crippen LogP contribution in [-0.4, -0.2) is 6.54 Å².